The van der Waals surface area contributed by atoms with Crippen molar-refractivity contribution in [3.8, 4) is 5.75 Å². The van der Waals surface area contributed by atoms with Crippen molar-refractivity contribution in [2.75, 3.05) is 18.8 Å². The van der Waals surface area contributed by atoms with E-state index in [-0.39, 0.29) is 0 Å². The van der Waals surface area contributed by atoms with Gasteiger partial charge in [0.1, 0.15) is 16.2 Å². The van der Waals surface area contributed by atoms with Crippen molar-refractivity contribution < 1.29 is 9.47 Å². The second-order valence-electron chi connectivity index (χ2n) is 7.75. The molecule has 2 nitrogen and oxygen atoms in total. The minimum Gasteiger partial charge on any atom is -0.497 e. The van der Waals surface area contributed by atoms with E-state index in [1.54, 1.807) is 7.11 Å². The highest BCUT2D eigenvalue weighted by atomic mass is 32.2. The fraction of sp³-hybridized carbons (Fsp3) is 0.700. The Hall–Kier alpha value is -0.670. The van der Waals surface area contributed by atoms with Gasteiger partial charge in [0, 0.05) is 23.2 Å². The number of hydrogen-bond donors (Lipinski definition) is 0. The third kappa shape index (κ3) is 3.71. The van der Waals surface area contributed by atoms with Gasteiger partial charge in [-0.1, -0.05) is 25.5 Å². The quantitative estimate of drug-likeness (QED) is 0.758. The minimum absolute atomic E-state index is 0.354. The van der Waals surface area contributed by atoms with Gasteiger partial charge in [0.2, 0.25) is 5.94 Å². The summed E-state index contributed by atoms with van der Waals surface area (Å²) < 4.78 is 12.0. The molecular weight excluding hydrogens is 304 g/mol. The van der Waals surface area contributed by atoms with E-state index in [4.69, 9.17) is 9.47 Å². The van der Waals surface area contributed by atoms with Crippen LogP contribution in [0.2, 0.25) is 0 Å². The molecule has 2 aliphatic rings. The maximum absolute atomic E-state index is 6.32. The second-order valence-corrected chi connectivity index (χ2v) is 10.4. The molecule has 3 heteroatoms. The van der Waals surface area contributed by atoms with Gasteiger partial charge < -0.3 is 9.47 Å². The van der Waals surface area contributed by atoms with Gasteiger partial charge in [0.15, 0.2) is 0 Å². The number of fused-ring (bicyclic) bond motifs is 1. The van der Waals surface area contributed by atoms with Crippen LogP contribution in [0.1, 0.15) is 45.6 Å². The minimum atomic E-state index is 0.354. The molecule has 2 unspecified atom stereocenters. The molecule has 0 amide bonds. The topological polar surface area (TPSA) is 18.5 Å². The van der Waals surface area contributed by atoms with Crippen LogP contribution in [0, 0.1) is 11.8 Å². The Morgan fingerprint density at radius 1 is 1.22 bits per heavy atom. The third-order valence-electron chi connectivity index (χ3n) is 5.91. The summed E-state index contributed by atoms with van der Waals surface area (Å²) in [5.41, 5.74) is 1.41. The van der Waals surface area contributed by atoms with E-state index in [1.165, 1.54) is 30.6 Å². The lowest BCUT2D eigenvalue weighted by Crippen LogP contribution is -2.55. The Bertz CT molecular complexity index is 511. The molecule has 1 aliphatic carbocycles. The van der Waals surface area contributed by atoms with E-state index < -0.39 is 0 Å². The molecule has 23 heavy (non-hydrogen) atoms. The smallest absolute Gasteiger partial charge is 0.208 e. The molecule has 2 fully saturated rings. The van der Waals surface area contributed by atoms with Gasteiger partial charge in [0.25, 0.3) is 0 Å². The van der Waals surface area contributed by atoms with Crippen molar-refractivity contribution in [1.29, 1.82) is 0 Å². The average molecular weight is 336 g/mol. The summed E-state index contributed by atoms with van der Waals surface area (Å²) in [7, 11) is 2.08. The summed E-state index contributed by atoms with van der Waals surface area (Å²) in [5, 5.41) is 0. The predicted molar refractivity (Wildman–Crippen MR) is 99.3 cm³/mol. The van der Waals surface area contributed by atoms with Gasteiger partial charge in [-0.2, -0.15) is 0 Å². The molecule has 0 bridgehead atoms. The number of benzene rings is 1. The summed E-state index contributed by atoms with van der Waals surface area (Å²) in [6.45, 7) is 7.38. The molecule has 0 spiro atoms. The highest BCUT2D eigenvalue weighted by molar-refractivity contribution is 7.98. The van der Waals surface area contributed by atoms with Crippen molar-refractivity contribution in [3.05, 3.63) is 29.8 Å². The van der Waals surface area contributed by atoms with Crippen molar-refractivity contribution in [2.45, 2.75) is 57.3 Å². The number of rotatable bonds is 4. The first-order valence-corrected chi connectivity index (χ1v) is 10.5. The Labute approximate surface area is 144 Å². The lowest BCUT2D eigenvalue weighted by Gasteiger charge is -2.46. The Balaban J connectivity index is 1.61. The molecule has 0 aromatic heterocycles. The summed E-state index contributed by atoms with van der Waals surface area (Å²) in [5.74, 6) is 4.75. The zero-order valence-corrected chi connectivity index (χ0v) is 15.8. The fourth-order valence-electron chi connectivity index (χ4n) is 4.20. The van der Waals surface area contributed by atoms with Gasteiger partial charge in [-0.25, -0.2) is 0 Å². The zero-order chi connectivity index (χ0) is 16.4. The molecule has 0 N–H and O–H groups in total. The van der Waals surface area contributed by atoms with Gasteiger partial charge >= 0.3 is 0 Å². The number of ether oxygens (including phenoxy) is 2. The van der Waals surface area contributed by atoms with Crippen LogP contribution in [-0.4, -0.2) is 29.7 Å². The summed E-state index contributed by atoms with van der Waals surface area (Å²) in [6, 6.07) is 8.54. The van der Waals surface area contributed by atoms with Crippen LogP contribution in [0.3, 0.4) is 0 Å². The van der Waals surface area contributed by atoms with Crippen molar-refractivity contribution in [2.24, 2.45) is 11.8 Å². The highest BCUT2D eigenvalue weighted by Crippen LogP contribution is 2.45. The monoisotopic (exact) mass is 335 g/mol. The lowest BCUT2D eigenvalue weighted by molar-refractivity contribution is -0.0250. The molecular formula is C20H31O2S+. The van der Waals surface area contributed by atoms with E-state index in [0.29, 0.717) is 21.7 Å². The van der Waals surface area contributed by atoms with Crippen LogP contribution in [0.15, 0.2) is 24.3 Å². The van der Waals surface area contributed by atoms with Gasteiger partial charge in [-0.15, -0.1) is 0 Å². The van der Waals surface area contributed by atoms with E-state index in [9.17, 15) is 0 Å². The molecule has 4 atom stereocenters. The van der Waals surface area contributed by atoms with Crippen LogP contribution in [-0.2, 0) is 22.1 Å². The normalized spacial score (nSPS) is 33.0. The number of aryl methyl sites for hydroxylation is 1. The molecule has 0 radical (unpaired) electrons. The predicted octanol–water partition coefficient (Wildman–Crippen LogP) is 4.43. The van der Waals surface area contributed by atoms with E-state index >= 15 is 0 Å². The van der Waals surface area contributed by atoms with Gasteiger partial charge in [0.05, 0.1) is 13.2 Å². The molecule has 1 heterocycles. The molecule has 128 valence electrons. The van der Waals surface area contributed by atoms with E-state index in [1.807, 2.05) is 0 Å². The van der Waals surface area contributed by atoms with Crippen LogP contribution >= 0.6 is 0 Å². The first kappa shape index (κ1) is 17.2. The van der Waals surface area contributed by atoms with Gasteiger partial charge in [-0.05, 0) is 50.3 Å². The maximum Gasteiger partial charge on any atom is 0.208 e. The average Bonchev–Trinajstić information content (AvgIpc) is 2.54. The summed E-state index contributed by atoms with van der Waals surface area (Å²) in [4.78, 5) is 0. The van der Waals surface area contributed by atoms with Crippen molar-refractivity contribution >= 4 is 10.9 Å². The van der Waals surface area contributed by atoms with E-state index in [0.717, 1.165) is 29.9 Å². The molecule has 1 aromatic carbocycles. The third-order valence-corrected chi connectivity index (χ3v) is 8.82. The Kier molecular flexibility index (Phi) is 5.27. The second kappa shape index (κ2) is 7.06. The SMILES string of the molecule is COc1ccc(CC[S+]2CO[C@@H]3CC(C)CC[C@H]3C2(C)C)cc1. The Morgan fingerprint density at radius 2 is 1.96 bits per heavy atom. The number of methoxy groups -OCH3 is 1. The fourth-order valence-corrected chi connectivity index (χ4v) is 6.67. The van der Waals surface area contributed by atoms with Crippen LogP contribution in [0.5, 0.6) is 5.75 Å². The standard InChI is InChI=1S/C20H31O2S/c1-15-5-10-18-19(13-15)22-14-23(20(18,2)3)12-11-16-6-8-17(21-4)9-7-16/h6-9,15,18-19H,5,10-14H2,1-4H3/q+1/t15?,18-,19-,23?/m1/s1. The molecule has 1 saturated heterocycles. The largest absolute Gasteiger partial charge is 0.497 e. The maximum atomic E-state index is 6.32. The van der Waals surface area contributed by atoms with Crippen LogP contribution in [0.25, 0.3) is 0 Å². The van der Waals surface area contributed by atoms with Crippen molar-refractivity contribution in [3.63, 3.8) is 0 Å². The molecule has 1 saturated carbocycles. The van der Waals surface area contributed by atoms with Gasteiger partial charge in [-0.3, -0.25) is 0 Å². The highest BCUT2D eigenvalue weighted by Gasteiger charge is 2.54. The summed E-state index contributed by atoms with van der Waals surface area (Å²) >= 11 is 0. The Morgan fingerprint density at radius 3 is 2.65 bits per heavy atom. The first-order valence-electron chi connectivity index (χ1n) is 8.93. The van der Waals surface area contributed by atoms with Crippen molar-refractivity contribution in [1.82, 2.24) is 0 Å². The van der Waals surface area contributed by atoms with Crippen LogP contribution < -0.4 is 4.74 Å². The lowest BCUT2D eigenvalue weighted by atomic mass is 9.75. The van der Waals surface area contributed by atoms with Crippen LogP contribution in [0.4, 0.5) is 0 Å². The molecule has 3 rings (SSSR count). The summed E-state index contributed by atoms with van der Waals surface area (Å²) in [6.07, 6.45) is 5.66. The first-order chi connectivity index (χ1) is 11.0. The molecule has 1 aromatic rings. The molecule has 1 aliphatic heterocycles. The zero-order valence-electron chi connectivity index (χ0n) is 15.0. The van der Waals surface area contributed by atoms with E-state index in [2.05, 4.69) is 45.0 Å². The number of hydrogen-bond acceptors (Lipinski definition) is 2.